The summed E-state index contributed by atoms with van der Waals surface area (Å²) in [6.45, 7) is 0. The highest BCUT2D eigenvalue weighted by molar-refractivity contribution is 7.08. The van der Waals surface area contributed by atoms with Gasteiger partial charge in [0.1, 0.15) is 0 Å². The van der Waals surface area contributed by atoms with Crippen molar-refractivity contribution in [2.75, 3.05) is 7.11 Å². The number of ether oxygens (including phenoxy) is 1. The van der Waals surface area contributed by atoms with Crippen molar-refractivity contribution in [1.82, 2.24) is 4.57 Å². The molecule has 4 heteroatoms. The molecule has 0 unspecified atom stereocenters. The summed E-state index contributed by atoms with van der Waals surface area (Å²) in [7, 11) is 1.37. The number of hydrogen-bond donors (Lipinski definition) is 0. The van der Waals surface area contributed by atoms with E-state index in [0.717, 1.165) is 11.1 Å². The number of thiophene rings is 1. The predicted octanol–water partition coefficient (Wildman–Crippen LogP) is 2.83. The summed E-state index contributed by atoms with van der Waals surface area (Å²) >= 11 is 1.63. The molecule has 0 saturated heterocycles. The fraction of sp³-hybridized carbons (Fsp3) is 0.100. The van der Waals surface area contributed by atoms with Crippen LogP contribution in [-0.4, -0.2) is 17.8 Å². The van der Waals surface area contributed by atoms with Gasteiger partial charge in [-0.15, -0.1) is 0 Å². The number of rotatable bonds is 1. The standard InChI is InChI=1S/C10H9NO2S/c1-13-10(12)11-4-2-8(6-11)9-3-5-14-7-9/h2-7H,1H3. The van der Waals surface area contributed by atoms with Gasteiger partial charge in [-0.05, 0) is 28.5 Å². The van der Waals surface area contributed by atoms with Gasteiger partial charge in [-0.2, -0.15) is 11.3 Å². The lowest BCUT2D eigenvalue weighted by atomic mass is 10.2. The second-order valence-corrected chi connectivity index (χ2v) is 3.57. The van der Waals surface area contributed by atoms with Crippen LogP contribution in [0.2, 0.25) is 0 Å². The fourth-order valence-corrected chi connectivity index (χ4v) is 1.88. The van der Waals surface area contributed by atoms with E-state index in [2.05, 4.69) is 4.74 Å². The molecule has 0 fully saturated rings. The molecule has 2 aromatic rings. The first-order valence-corrected chi connectivity index (χ1v) is 5.04. The molecular formula is C10H9NO2S. The Bertz CT molecular complexity index is 431. The second kappa shape index (κ2) is 3.67. The van der Waals surface area contributed by atoms with Crippen LogP contribution in [-0.2, 0) is 4.74 Å². The summed E-state index contributed by atoms with van der Waals surface area (Å²) in [5.74, 6) is 0. The Morgan fingerprint density at radius 2 is 2.29 bits per heavy atom. The Kier molecular flexibility index (Phi) is 2.37. The van der Waals surface area contributed by atoms with E-state index in [1.165, 1.54) is 11.7 Å². The molecule has 0 radical (unpaired) electrons. The summed E-state index contributed by atoms with van der Waals surface area (Å²) in [4.78, 5) is 11.1. The minimum atomic E-state index is -0.369. The SMILES string of the molecule is COC(=O)n1ccc(-c2ccsc2)c1. The molecule has 0 N–H and O–H groups in total. The van der Waals surface area contributed by atoms with Gasteiger partial charge in [0.05, 0.1) is 7.11 Å². The molecule has 0 bridgehead atoms. The minimum absolute atomic E-state index is 0.369. The summed E-state index contributed by atoms with van der Waals surface area (Å²) in [6.07, 6.45) is 3.08. The van der Waals surface area contributed by atoms with Crippen LogP contribution in [0, 0.1) is 0 Å². The molecular weight excluding hydrogens is 198 g/mol. The van der Waals surface area contributed by atoms with Crippen molar-refractivity contribution in [3.8, 4) is 11.1 Å². The van der Waals surface area contributed by atoms with E-state index in [4.69, 9.17) is 0 Å². The first-order valence-electron chi connectivity index (χ1n) is 4.10. The maximum atomic E-state index is 11.1. The average molecular weight is 207 g/mol. The molecule has 2 heterocycles. The van der Waals surface area contributed by atoms with Crippen LogP contribution in [0.5, 0.6) is 0 Å². The number of hydrogen-bond acceptors (Lipinski definition) is 3. The van der Waals surface area contributed by atoms with E-state index in [-0.39, 0.29) is 6.09 Å². The lowest BCUT2D eigenvalue weighted by Crippen LogP contribution is -2.07. The zero-order valence-corrected chi connectivity index (χ0v) is 8.45. The molecule has 0 saturated carbocycles. The molecule has 72 valence electrons. The zero-order valence-electron chi connectivity index (χ0n) is 7.64. The number of carbonyl (C=O) groups excluding carboxylic acids is 1. The van der Waals surface area contributed by atoms with Gasteiger partial charge in [-0.25, -0.2) is 4.79 Å². The topological polar surface area (TPSA) is 31.2 Å². The van der Waals surface area contributed by atoms with Gasteiger partial charge in [-0.1, -0.05) is 0 Å². The van der Waals surface area contributed by atoms with Gasteiger partial charge < -0.3 is 4.74 Å². The largest absolute Gasteiger partial charge is 0.452 e. The van der Waals surface area contributed by atoms with Gasteiger partial charge in [0.25, 0.3) is 0 Å². The molecule has 2 aromatic heterocycles. The second-order valence-electron chi connectivity index (χ2n) is 2.79. The normalized spacial score (nSPS) is 10.1. The maximum absolute atomic E-state index is 11.1. The van der Waals surface area contributed by atoms with Crippen LogP contribution in [0.25, 0.3) is 11.1 Å². The van der Waals surface area contributed by atoms with E-state index < -0.39 is 0 Å². The molecule has 14 heavy (non-hydrogen) atoms. The van der Waals surface area contributed by atoms with Crippen molar-refractivity contribution in [3.63, 3.8) is 0 Å². The van der Waals surface area contributed by atoms with E-state index in [1.807, 2.05) is 22.9 Å². The molecule has 0 aliphatic heterocycles. The Morgan fingerprint density at radius 3 is 2.93 bits per heavy atom. The minimum Gasteiger partial charge on any atom is -0.452 e. The summed E-state index contributed by atoms with van der Waals surface area (Å²) in [5.41, 5.74) is 2.15. The Hall–Kier alpha value is -1.55. The third kappa shape index (κ3) is 1.56. The lowest BCUT2D eigenvalue weighted by molar-refractivity contribution is 0.173. The van der Waals surface area contributed by atoms with Crippen molar-refractivity contribution >= 4 is 17.4 Å². The maximum Gasteiger partial charge on any atom is 0.417 e. The molecule has 0 aliphatic carbocycles. The molecule has 0 aliphatic rings. The molecule has 0 aromatic carbocycles. The predicted molar refractivity (Wildman–Crippen MR) is 55.5 cm³/mol. The van der Waals surface area contributed by atoms with Crippen LogP contribution in [0.4, 0.5) is 4.79 Å². The zero-order chi connectivity index (χ0) is 9.97. The van der Waals surface area contributed by atoms with Crippen LogP contribution in [0.15, 0.2) is 35.3 Å². The Balaban J connectivity index is 2.31. The van der Waals surface area contributed by atoms with E-state index >= 15 is 0 Å². The van der Waals surface area contributed by atoms with Crippen molar-refractivity contribution < 1.29 is 9.53 Å². The quantitative estimate of drug-likeness (QED) is 0.720. The van der Waals surface area contributed by atoms with Gasteiger partial charge in [0.2, 0.25) is 0 Å². The summed E-state index contributed by atoms with van der Waals surface area (Å²) < 4.78 is 6.02. The molecule has 0 spiro atoms. The van der Waals surface area contributed by atoms with Crippen LogP contribution in [0.1, 0.15) is 0 Å². The van der Waals surface area contributed by atoms with E-state index in [9.17, 15) is 4.79 Å². The third-order valence-electron chi connectivity index (χ3n) is 1.93. The first-order chi connectivity index (χ1) is 6.81. The average Bonchev–Trinajstić information content (AvgIpc) is 2.86. The highest BCUT2D eigenvalue weighted by Gasteiger charge is 2.05. The fourth-order valence-electron chi connectivity index (χ4n) is 1.21. The van der Waals surface area contributed by atoms with Gasteiger partial charge >= 0.3 is 6.09 Å². The number of carbonyl (C=O) groups is 1. The summed E-state index contributed by atoms with van der Waals surface area (Å²) in [6, 6.07) is 3.90. The first kappa shape index (κ1) is 9.02. The molecule has 0 atom stereocenters. The van der Waals surface area contributed by atoms with E-state index in [1.54, 1.807) is 23.7 Å². The highest BCUT2D eigenvalue weighted by atomic mass is 32.1. The van der Waals surface area contributed by atoms with E-state index in [0.29, 0.717) is 0 Å². The van der Waals surface area contributed by atoms with Crippen LogP contribution < -0.4 is 0 Å². The summed E-state index contributed by atoms with van der Waals surface area (Å²) in [5, 5.41) is 4.04. The van der Waals surface area contributed by atoms with Crippen LogP contribution in [0.3, 0.4) is 0 Å². The molecule has 2 rings (SSSR count). The van der Waals surface area contributed by atoms with Gasteiger partial charge in [0, 0.05) is 18.0 Å². The Labute approximate surface area is 85.6 Å². The van der Waals surface area contributed by atoms with Gasteiger partial charge in [-0.3, -0.25) is 4.57 Å². The highest BCUT2D eigenvalue weighted by Crippen LogP contribution is 2.22. The molecule has 0 amide bonds. The van der Waals surface area contributed by atoms with Crippen molar-refractivity contribution in [1.29, 1.82) is 0 Å². The number of aromatic nitrogens is 1. The number of nitrogens with zero attached hydrogens (tertiary/aromatic N) is 1. The lowest BCUT2D eigenvalue weighted by Gasteiger charge is -1.97. The van der Waals surface area contributed by atoms with Crippen LogP contribution >= 0.6 is 11.3 Å². The van der Waals surface area contributed by atoms with Crippen molar-refractivity contribution in [2.45, 2.75) is 0 Å². The third-order valence-corrected chi connectivity index (χ3v) is 2.62. The van der Waals surface area contributed by atoms with Crippen molar-refractivity contribution in [2.24, 2.45) is 0 Å². The smallest absolute Gasteiger partial charge is 0.417 e. The molecule has 3 nitrogen and oxygen atoms in total. The monoisotopic (exact) mass is 207 g/mol. The number of methoxy groups -OCH3 is 1. The van der Waals surface area contributed by atoms with Crippen molar-refractivity contribution in [3.05, 3.63) is 35.3 Å². The Morgan fingerprint density at radius 1 is 1.43 bits per heavy atom. The van der Waals surface area contributed by atoms with Gasteiger partial charge in [0.15, 0.2) is 0 Å².